The molecule has 1 aliphatic heterocycles. The lowest BCUT2D eigenvalue weighted by molar-refractivity contribution is -0.121. The van der Waals surface area contributed by atoms with E-state index in [2.05, 4.69) is 29.2 Å². The van der Waals surface area contributed by atoms with Crippen molar-refractivity contribution >= 4 is 11.8 Å². The molecule has 1 fully saturated rings. The molecule has 106 valence electrons. The Hall–Kier alpha value is -1.30. The number of ether oxygens (including phenoxy) is 1. The molecule has 0 spiro atoms. The molecule has 1 N–H and O–H groups in total. The van der Waals surface area contributed by atoms with Gasteiger partial charge in [-0.3, -0.25) is 0 Å². The van der Waals surface area contributed by atoms with Crippen LogP contribution in [0.2, 0.25) is 0 Å². The van der Waals surface area contributed by atoms with Gasteiger partial charge in [0.2, 0.25) is 0 Å². The van der Waals surface area contributed by atoms with Gasteiger partial charge in [0.05, 0.1) is 26.1 Å². The van der Waals surface area contributed by atoms with Gasteiger partial charge in [0.25, 0.3) is 0 Å². The number of hydrogen-bond donors (Lipinski definition) is 1. The molecule has 1 aromatic heterocycles. The highest BCUT2D eigenvalue weighted by molar-refractivity contribution is 7.98. The van der Waals surface area contributed by atoms with E-state index in [0.29, 0.717) is 13.2 Å². The molecule has 2 aromatic rings. The first-order valence-electron chi connectivity index (χ1n) is 6.65. The van der Waals surface area contributed by atoms with Crippen LogP contribution in [0.15, 0.2) is 43.0 Å². The third-order valence-electron chi connectivity index (χ3n) is 3.57. The van der Waals surface area contributed by atoms with Gasteiger partial charge in [-0.15, -0.1) is 0 Å². The molecule has 0 atom stereocenters. The van der Waals surface area contributed by atoms with Crippen LogP contribution in [0.5, 0.6) is 0 Å². The average molecular weight is 290 g/mol. The molecule has 0 bridgehead atoms. The fourth-order valence-electron chi connectivity index (χ4n) is 2.17. The van der Waals surface area contributed by atoms with Gasteiger partial charge in [0.15, 0.2) is 0 Å². The number of hydrogen-bond acceptors (Lipinski definition) is 4. The molecular formula is C15H18N2O2S. The van der Waals surface area contributed by atoms with E-state index < -0.39 is 0 Å². The highest BCUT2D eigenvalue weighted by atomic mass is 32.2. The molecule has 0 saturated carbocycles. The van der Waals surface area contributed by atoms with Crippen LogP contribution in [0.3, 0.4) is 0 Å². The summed E-state index contributed by atoms with van der Waals surface area (Å²) in [6.07, 6.45) is 5.51. The van der Waals surface area contributed by atoms with E-state index in [-0.39, 0.29) is 12.0 Å². The van der Waals surface area contributed by atoms with Crippen molar-refractivity contribution in [2.45, 2.75) is 5.75 Å². The standard InChI is InChI=1S/C15H18N2O2S/c18-8-15(9-19-10-15)11-20-7-13-1-3-14(4-2-13)17-6-5-16-12-17/h1-6,12,18H,7-11H2. The summed E-state index contributed by atoms with van der Waals surface area (Å²) >= 11 is 1.86. The van der Waals surface area contributed by atoms with Gasteiger partial charge >= 0.3 is 0 Å². The van der Waals surface area contributed by atoms with Gasteiger partial charge in [-0.25, -0.2) is 4.98 Å². The number of rotatable bonds is 6. The zero-order valence-corrected chi connectivity index (χ0v) is 12.1. The first kappa shape index (κ1) is 13.7. The molecule has 0 aliphatic carbocycles. The number of aliphatic hydroxyl groups excluding tert-OH is 1. The Kier molecular flexibility index (Phi) is 4.10. The van der Waals surface area contributed by atoms with Crippen molar-refractivity contribution in [1.82, 2.24) is 9.55 Å². The summed E-state index contributed by atoms with van der Waals surface area (Å²) in [7, 11) is 0. The van der Waals surface area contributed by atoms with Crippen molar-refractivity contribution in [2.24, 2.45) is 5.41 Å². The summed E-state index contributed by atoms with van der Waals surface area (Å²) in [6.45, 7) is 1.60. The van der Waals surface area contributed by atoms with Gasteiger partial charge in [0, 0.05) is 35.0 Å². The maximum absolute atomic E-state index is 9.37. The quantitative estimate of drug-likeness (QED) is 0.885. The molecule has 5 heteroatoms. The van der Waals surface area contributed by atoms with E-state index in [9.17, 15) is 5.11 Å². The van der Waals surface area contributed by atoms with E-state index in [1.54, 1.807) is 12.5 Å². The first-order chi connectivity index (χ1) is 9.81. The van der Waals surface area contributed by atoms with Crippen molar-refractivity contribution in [3.05, 3.63) is 48.5 Å². The van der Waals surface area contributed by atoms with Crippen molar-refractivity contribution in [2.75, 3.05) is 25.6 Å². The molecule has 4 nitrogen and oxygen atoms in total. The largest absolute Gasteiger partial charge is 0.396 e. The smallest absolute Gasteiger partial charge is 0.0991 e. The Labute approximate surface area is 122 Å². The van der Waals surface area contributed by atoms with Crippen molar-refractivity contribution in [3.63, 3.8) is 0 Å². The van der Waals surface area contributed by atoms with Crippen LogP contribution in [0.25, 0.3) is 5.69 Å². The Morgan fingerprint density at radius 1 is 1.30 bits per heavy atom. The van der Waals surface area contributed by atoms with Gasteiger partial charge in [-0.2, -0.15) is 11.8 Å². The minimum Gasteiger partial charge on any atom is -0.396 e. The van der Waals surface area contributed by atoms with E-state index in [0.717, 1.165) is 17.2 Å². The predicted molar refractivity (Wildman–Crippen MR) is 80.1 cm³/mol. The predicted octanol–water partition coefficient (Wildman–Crippen LogP) is 2.11. The minimum absolute atomic E-state index is 0.00141. The van der Waals surface area contributed by atoms with Crippen LogP contribution >= 0.6 is 11.8 Å². The SMILES string of the molecule is OCC1(CSCc2ccc(-n3ccnc3)cc2)COC1. The van der Waals surface area contributed by atoms with E-state index in [4.69, 9.17) is 4.74 Å². The maximum atomic E-state index is 9.37. The number of imidazole rings is 1. The zero-order chi connectivity index (χ0) is 13.8. The molecule has 1 saturated heterocycles. The van der Waals surface area contributed by atoms with Crippen LogP contribution in [-0.4, -0.2) is 40.2 Å². The Balaban J connectivity index is 1.53. The van der Waals surface area contributed by atoms with Gasteiger partial charge < -0.3 is 14.4 Å². The van der Waals surface area contributed by atoms with Gasteiger partial charge in [0.1, 0.15) is 0 Å². The fraction of sp³-hybridized carbons (Fsp3) is 0.400. The number of thioether (sulfide) groups is 1. The second kappa shape index (κ2) is 5.99. The molecular weight excluding hydrogens is 272 g/mol. The summed E-state index contributed by atoms with van der Waals surface area (Å²) in [5.41, 5.74) is 2.42. The number of benzene rings is 1. The third-order valence-corrected chi connectivity index (χ3v) is 4.92. The molecule has 0 amide bonds. The lowest BCUT2D eigenvalue weighted by Crippen LogP contribution is -2.47. The second-order valence-corrected chi connectivity index (χ2v) is 6.27. The monoisotopic (exact) mass is 290 g/mol. The molecule has 3 rings (SSSR count). The Morgan fingerprint density at radius 2 is 2.10 bits per heavy atom. The number of aromatic nitrogens is 2. The number of aliphatic hydroxyl groups is 1. The van der Waals surface area contributed by atoms with Crippen LogP contribution in [-0.2, 0) is 10.5 Å². The van der Waals surface area contributed by atoms with E-state index in [1.165, 1.54) is 5.56 Å². The molecule has 1 aromatic carbocycles. The number of nitrogens with zero attached hydrogens (tertiary/aromatic N) is 2. The second-order valence-electron chi connectivity index (χ2n) is 5.28. The van der Waals surface area contributed by atoms with Crippen molar-refractivity contribution in [1.29, 1.82) is 0 Å². The van der Waals surface area contributed by atoms with Crippen LogP contribution in [0, 0.1) is 5.41 Å². The van der Waals surface area contributed by atoms with E-state index >= 15 is 0 Å². The Morgan fingerprint density at radius 3 is 2.65 bits per heavy atom. The molecule has 1 aliphatic rings. The molecule has 0 unspecified atom stereocenters. The van der Waals surface area contributed by atoms with Crippen LogP contribution in [0.4, 0.5) is 0 Å². The maximum Gasteiger partial charge on any atom is 0.0991 e. The van der Waals surface area contributed by atoms with Crippen molar-refractivity contribution in [3.8, 4) is 5.69 Å². The van der Waals surface area contributed by atoms with Gasteiger partial charge in [-0.05, 0) is 17.7 Å². The summed E-state index contributed by atoms with van der Waals surface area (Å²) in [6, 6.07) is 8.49. The zero-order valence-electron chi connectivity index (χ0n) is 11.2. The lowest BCUT2D eigenvalue weighted by atomic mass is 9.90. The van der Waals surface area contributed by atoms with Gasteiger partial charge in [-0.1, -0.05) is 12.1 Å². The summed E-state index contributed by atoms with van der Waals surface area (Å²) < 4.78 is 7.20. The normalized spacial score (nSPS) is 16.9. The lowest BCUT2D eigenvalue weighted by Gasteiger charge is -2.39. The van der Waals surface area contributed by atoms with Crippen molar-refractivity contribution < 1.29 is 9.84 Å². The average Bonchev–Trinajstić information content (AvgIpc) is 2.97. The molecule has 0 radical (unpaired) electrons. The molecule has 20 heavy (non-hydrogen) atoms. The third kappa shape index (κ3) is 2.90. The summed E-state index contributed by atoms with van der Waals surface area (Å²) in [5.74, 6) is 1.92. The Bertz CT molecular complexity index is 530. The highest BCUT2D eigenvalue weighted by Crippen LogP contribution is 2.32. The minimum atomic E-state index is 0.00141. The van der Waals surface area contributed by atoms with Crippen LogP contribution < -0.4 is 0 Å². The summed E-state index contributed by atoms with van der Waals surface area (Å²) in [5, 5.41) is 9.37. The summed E-state index contributed by atoms with van der Waals surface area (Å²) in [4.78, 5) is 4.05. The highest BCUT2D eigenvalue weighted by Gasteiger charge is 2.37. The molecule has 2 heterocycles. The topological polar surface area (TPSA) is 47.3 Å². The first-order valence-corrected chi connectivity index (χ1v) is 7.80. The van der Waals surface area contributed by atoms with E-state index in [1.807, 2.05) is 22.5 Å². The van der Waals surface area contributed by atoms with Crippen LogP contribution in [0.1, 0.15) is 5.56 Å². The fourth-order valence-corrected chi connectivity index (χ4v) is 3.39.